The van der Waals surface area contributed by atoms with E-state index in [0.29, 0.717) is 0 Å². The summed E-state index contributed by atoms with van der Waals surface area (Å²) in [6, 6.07) is 0.200. The molecule has 1 N–H and O–H groups in total. The summed E-state index contributed by atoms with van der Waals surface area (Å²) in [5.41, 5.74) is 4.76. The summed E-state index contributed by atoms with van der Waals surface area (Å²) >= 11 is 0. The van der Waals surface area contributed by atoms with Crippen molar-refractivity contribution in [2.45, 2.75) is 32.7 Å². The fourth-order valence-corrected chi connectivity index (χ4v) is 2.87. The molecule has 0 aliphatic carbocycles. The number of aromatic nitrogens is 4. The number of aryl methyl sites for hydroxylation is 3. The molecule has 0 saturated heterocycles. The van der Waals surface area contributed by atoms with Crippen molar-refractivity contribution in [1.82, 2.24) is 24.9 Å². The zero-order valence-electron chi connectivity index (χ0n) is 13.8. The molecule has 116 valence electrons. The van der Waals surface area contributed by atoms with E-state index in [0.717, 1.165) is 30.0 Å². The molecule has 0 bridgehead atoms. The predicted molar refractivity (Wildman–Crippen MR) is 82.6 cm³/mol. The van der Waals surface area contributed by atoms with Crippen LogP contribution >= 0.6 is 0 Å². The molecule has 0 fully saturated rings. The van der Waals surface area contributed by atoms with Gasteiger partial charge in [-0.15, -0.1) is 0 Å². The Morgan fingerprint density at radius 1 is 1.29 bits per heavy atom. The van der Waals surface area contributed by atoms with Crippen molar-refractivity contribution in [3.63, 3.8) is 0 Å². The summed E-state index contributed by atoms with van der Waals surface area (Å²) in [6.07, 6.45) is 3.71. The third kappa shape index (κ3) is 2.95. The lowest BCUT2D eigenvalue weighted by atomic mass is 10.0. The lowest BCUT2D eigenvalue weighted by Gasteiger charge is -2.18. The van der Waals surface area contributed by atoms with Crippen molar-refractivity contribution in [3.05, 3.63) is 28.8 Å². The minimum absolute atomic E-state index is 0.200. The van der Waals surface area contributed by atoms with Crippen LogP contribution in [0.25, 0.3) is 0 Å². The van der Waals surface area contributed by atoms with Crippen LogP contribution in [0.4, 0.5) is 0 Å². The van der Waals surface area contributed by atoms with E-state index in [4.69, 9.17) is 4.74 Å². The Morgan fingerprint density at radius 2 is 2.00 bits per heavy atom. The van der Waals surface area contributed by atoms with E-state index in [1.54, 1.807) is 13.3 Å². The molecule has 21 heavy (non-hydrogen) atoms. The molecule has 0 aromatic carbocycles. The smallest absolute Gasteiger partial charge is 0.161 e. The van der Waals surface area contributed by atoms with Crippen LogP contribution in [-0.2, 0) is 20.5 Å². The molecule has 1 unspecified atom stereocenters. The highest BCUT2D eigenvalue weighted by molar-refractivity contribution is 5.29. The molecular formula is C15H25N5O. The Balaban J connectivity index is 2.18. The molecule has 2 aromatic heterocycles. The van der Waals surface area contributed by atoms with E-state index in [2.05, 4.69) is 29.4 Å². The SMILES string of the molecule is CNC(CCc1c(C)nn(C)c1C)c1c(OC)cnn1C. The number of hydrogen-bond donors (Lipinski definition) is 1. The maximum absolute atomic E-state index is 5.41. The van der Waals surface area contributed by atoms with Gasteiger partial charge in [-0.3, -0.25) is 9.36 Å². The first kappa shape index (κ1) is 15.6. The molecule has 1 atom stereocenters. The van der Waals surface area contributed by atoms with Crippen LogP contribution in [0, 0.1) is 13.8 Å². The molecule has 0 aliphatic rings. The van der Waals surface area contributed by atoms with Gasteiger partial charge in [0.05, 0.1) is 30.7 Å². The quantitative estimate of drug-likeness (QED) is 0.879. The van der Waals surface area contributed by atoms with Crippen LogP contribution in [0.2, 0.25) is 0 Å². The number of nitrogens with one attached hydrogen (secondary N) is 1. The van der Waals surface area contributed by atoms with E-state index >= 15 is 0 Å². The second kappa shape index (κ2) is 6.30. The normalized spacial score (nSPS) is 12.7. The number of methoxy groups -OCH3 is 1. The van der Waals surface area contributed by atoms with Gasteiger partial charge in [-0.25, -0.2) is 0 Å². The standard InChI is InChI=1S/C15H25N5O/c1-10-12(11(2)19(4)18-10)7-8-13(16-3)15-14(21-6)9-17-20(15)5/h9,13,16H,7-8H2,1-6H3. The van der Waals surface area contributed by atoms with Crippen molar-refractivity contribution in [1.29, 1.82) is 0 Å². The fourth-order valence-electron chi connectivity index (χ4n) is 2.87. The molecule has 6 heteroatoms. The first-order valence-corrected chi connectivity index (χ1v) is 7.21. The average molecular weight is 291 g/mol. The highest BCUT2D eigenvalue weighted by Crippen LogP contribution is 2.28. The second-order valence-electron chi connectivity index (χ2n) is 5.37. The Hall–Kier alpha value is -1.82. The fraction of sp³-hybridized carbons (Fsp3) is 0.600. The first-order valence-electron chi connectivity index (χ1n) is 7.21. The van der Waals surface area contributed by atoms with Gasteiger partial charge in [0, 0.05) is 19.8 Å². The average Bonchev–Trinajstić information content (AvgIpc) is 2.94. The molecule has 2 heterocycles. The summed E-state index contributed by atoms with van der Waals surface area (Å²) < 4.78 is 9.24. The maximum Gasteiger partial charge on any atom is 0.161 e. The topological polar surface area (TPSA) is 56.9 Å². The first-order chi connectivity index (χ1) is 9.99. The summed E-state index contributed by atoms with van der Waals surface area (Å²) in [5, 5.41) is 12.1. The van der Waals surface area contributed by atoms with Crippen LogP contribution in [0.15, 0.2) is 6.20 Å². The highest BCUT2D eigenvalue weighted by atomic mass is 16.5. The van der Waals surface area contributed by atoms with Gasteiger partial charge in [0.25, 0.3) is 0 Å². The van der Waals surface area contributed by atoms with Gasteiger partial charge in [-0.05, 0) is 39.3 Å². The third-order valence-corrected chi connectivity index (χ3v) is 4.19. The molecule has 6 nitrogen and oxygen atoms in total. The van der Waals surface area contributed by atoms with Crippen LogP contribution in [0.1, 0.15) is 35.1 Å². The number of nitrogens with zero attached hydrogens (tertiary/aromatic N) is 4. The monoisotopic (exact) mass is 291 g/mol. The molecule has 0 aliphatic heterocycles. The van der Waals surface area contributed by atoms with Crippen LogP contribution in [0.5, 0.6) is 5.75 Å². The van der Waals surface area contributed by atoms with E-state index in [-0.39, 0.29) is 6.04 Å². The minimum Gasteiger partial charge on any atom is -0.493 e. The van der Waals surface area contributed by atoms with E-state index in [1.165, 1.54) is 11.3 Å². The van der Waals surface area contributed by atoms with Gasteiger partial charge in [0.1, 0.15) is 0 Å². The van der Waals surface area contributed by atoms with Crippen LogP contribution in [-0.4, -0.2) is 33.7 Å². The zero-order chi connectivity index (χ0) is 15.6. The number of hydrogen-bond acceptors (Lipinski definition) is 4. The Labute approximate surface area is 126 Å². The van der Waals surface area contributed by atoms with Crippen molar-refractivity contribution in [2.75, 3.05) is 14.2 Å². The molecule has 2 aromatic rings. The molecule has 0 saturated carbocycles. The Kier molecular flexibility index (Phi) is 4.67. The number of rotatable bonds is 6. The lowest BCUT2D eigenvalue weighted by molar-refractivity contribution is 0.393. The van der Waals surface area contributed by atoms with Gasteiger partial charge in [-0.1, -0.05) is 0 Å². The van der Waals surface area contributed by atoms with Crippen molar-refractivity contribution >= 4 is 0 Å². The van der Waals surface area contributed by atoms with Gasteiger partial charge >= 0.3 is 0 Å². The van der Waals surface area contributed by atoms with Gasteiger partial charge in [0.2, 0.25) is 0 Å². The van der Waals surface area contributed by atoms with Crippen molar-refractivity contribution < 1.29 is 4.74 Å². The van der Waals surface area contributed by atoms with Crippen molar-refractivity contribution in [2.24, 2.45) is 14.1 Å². The maximum atomic E-state index is 5.41. The predicted octanol–water partition coefficient (Wildman–Crippen LogP) is 1.67. The Bertz CT molecular complexity index is 614. The van der Waals surface area contributed by atoms with Crippen molar-refractivity contribution in [3.8, 4) is 5.75 Å². The highest BCUT2D eigenvalue weighted by Gasteiger charge is 2.20. The minimum atomic E-state index is 0.200. The third-order valence-electron chi connectivity index (χ3n) is 4.19. The number of ether oxygens (including phenoxy) is 1. The molecule has 0 radical (unpaired) electrons. The van der Waals surface area contributed by atoms with Gasteiger partial charge < -0.3 is 10.1 Å². The molecule has 0 spiro atoms. The largest absolute Gasteiger partial charge is 0.493 e. The van der Waals surface area contributed by atoms with Gasteiger partial charge in [-0.2, -0.15) is 10.2 Å². The summed E-state index contributed by atoms with van der Waals surface area (Å²) in [4.78, 5) is 0. The molecular weight excluding hydrogens is 266 g/mol. The second-order valence-corrected chi connectivity index (χ2v) is 5.37. The Morgan fingerprint density at radius 3 is 2.52 bits per heavy atom. The lowest BCUT2D eigenvalue weighted by Crippen LogP contribution is -2.21. The van der Waals surface area contributed by atoms with Gasteiger partial charge in [0.15, 0.2) is 5.75 Å². The molecule has 2 rings (SSSR count). The molecule has 0 amide bonds. The summed E-state index contributed by atoms with van der Waals surface area (Å²) in [6.45, 7) is 4.19. The van der Waals surface area contributed by atoms with Crippen LogP contribution in [0.3, 0.4) is 0 Å². The van der Waals surface area contributed by atoms with E-state index in [9.17, 15) is 0 Å². The summed E-state index contributed by atoms with van der Waals surface area (Å²) in [5.74, 6) is 0.830. The van der Waals surface area contributed by atoms with E-state index < -0.39 is 0 Å². The summed E-state index contributed by atoms with van der Waals surface area (Å²) in [7, 11) is 7.59. The van der Waals surface area contributed by atoms with Crippen LogP contribution < -0.4 is 10.1 Å². The zero-order valence-corrected chi connectivity index (χ0v) is 13.8. The van der Waals surface area contributed by atoms with E-state index in [1.807, 2.05) is 30.5 Å².